The number of hydrogen-bond acceptors (Lipinski definition) is 5. The highest BCUT2D eigenvalue weighted by Gasteiger charge is 2.21. The molecule has 0 bridgehead atoms. The molecule has 0 aliphatic rings. The summed E-state index contributed by atoms with van der Waals surface area (Å²) in [5, 5.41) is 5.88. The first kappa shape index (κ1) is 16.3. The van der Waals surface area contributed by atoms with Gasteiger partial charge in [-0.15, -0.1) is 11.3 Å². The first-order valence-electron chi connectivity index (χ1n) is 7.16. The van der Waals surface area contributed by atoms with Crippen LogP contribution in [-0.4, -0.2) is 27.3 Å². The molecule has 0 N–H and O–H groups in total. The molecule has 3 rings (SSSR count). The molecule has 1 aromatic carbocycles. The molecular weight excluding hydrogens is 336 g/mol. The Balaban J connectivity index is 2.01. The molecule has 0 fully saturated rings. The normalized spacial score (nSPS) is 11.0. The summed E-state index contributed by atoms with van der Waals surface area (Å²) < 4.78 is 32.6. The molecule has 0 saturated heterocycles. The average molecular weight is 349 g/mol. The lowest BCUT2D eigenvalue weighted by Gasteiger charge is -2.02. The second kappa shape index (κ2) is 6.88. The van der Waals surface area contributed by atoms with Gasteiger partial charge in [-0.1, -0.05) is 30.3 Å². The fourth-order valence-corrected chi connectivity index (χ4v) is 2.88. The molecule has 0 aliphatic carbocycles. The highest BCUT2D eigenvalue weighted by molar-refractivity contribution is 7.12. The maximum Gasteiger partial charge on any atom is 0.357 e. The predicted molar refractivity (Wildman–Crippen MR) is 85.6 cm³/mol. The lowest BCUT2D eigenvalue weighted by atomic mass is 10.1. The minimum absolute atomic E-state index is 0.0776. The van der Waals surface area contributed by atoms with Crippen molar-refractivity contribution in [1.82, 2.24) is 14.8 Å². The molecule has 2 heterocycles. The Morgan fingerprint density at radius 1 is 1.33 bits per heavy atom. The third-order valence-electron chi connectivity index (χ3n) is 3.19. The Morgan fingerprint density at radius 3 is 2.75 bits per heavy atom. The lowest BCUT2D eigenvalue weighted by molar-refractivity contribution is 0.0520. The molecule has 24 heavy (non-hydrogen) atoms. The summed E-state index contributed by atoms with van der Waals surface area (Å²) in [4.78, 5) is 15.7. The van der Waals surface area contributed by atoms with Gasteiger partial charge in [0.2, 0.25) is 5.13 Å². The van der Waals surface area contributed by atoms with E-state index in [0.717, 1.165) is 21.6 Å². The van der Waals surface area contributed by atoms with Crippen LogP contribution in [0.1, 0.15) is 29.5 Å². The first-order valence-corrected chi connectivity index (χ1v) is 8.04. The van der Waals surface area contributed by atoms with E-state index in [0.29, 0.717) is 5.69 Å². The molecule has 0 aliphatic heterocycles. The van der Waals surface area contributed by atoms with Crippen LogP contribution in [0.25, 0.3) is 16.4 Å². The van der Waals surface area contributed by atoms with Crippen molar-refractivity contribution < 1.29 is 18.3 Å². The molecule has 124 valence electrons. The standard InChI is InChI=1S/C16H13F2N3O2S/c1-2-23-15(22)12-9-24-16(19-12)21-13(14(17)18)8-11(20-21)10-6-4-3-5-7-10/h3-9,14H,2H2,1H3. The largest absolute Gasteiger partial charge is 0.461 e. The smallest absolute Gasteiger partial charge is 0.357 e. The maximum atomic E-state index is 13.4. The molecule has 0 unspecified atom stereocenters. The summed E-state index contributed by atoms with van der Waals surface area (Å²) in [5.41, 5.74) is 0.937. The summed E-state index contributed by atoms with van der Waals surface area (Å²) in [6.07, 6.45) is -2.72. The van der Waals surface area contributed by atoms with E-state index < -0.39 is 12.4 Å². The van der Waals surface area contributed by atoms with E-state index in [1.165, 1.54) is 11.4 Å². The van der Waals surface area contributed by atoms with Crippen LogP contribution in [0.5, 0.6) is 0 Å². The lowest BCUT2D eigenvalue weighted by Crippen LogP contribution is -2.07. The predicted octanol–water partition coefficient (Wildman–Crippen LogP) is 4.11. The SMILES string of the molecule is CCOC(=O)c1csc(-n2nc(-c3ccccc3)cc2C(F)F)n1. The number of ether oxygens (including phenoxy) is 1. The fourth-order valence-electron chi connectivity index (χ4n) is 2.11. The number of benzene rings is 1. The quantitative estimate of drug-likeness (QED) is 0.651. The van der Waals surface area contributed by atoms with Crippen LogP contribution in [0.2, 0.25) is 0 Å². The van der Waals surface area contributed by atoms with Crippen molar-refractivity contribution in [3.05, 3.63) is 53.2 Å². The highest BCUT2D eigenvalue weighted by atomic mass is 32.1. The molecule has 8 heteroatoms. The molecule has 0 spiro atoms. The fraction of sp³-hybridized carbons (Fsp3) is 0.188. The zero-order valence-corrected chi connectivity index (χ0v) is 13.5. The number of rotatable bonds is 5. The van der Waals surface area contributed by atoms with Crippen molar-refractivity contribution in [2.24, 2.45) is 0 Å². The number of hydrogen-bond donors (Lipinski definition) is 0. The van der Waals surface area contributed by atoms with Crippen LogP contribution in [0, 0.1) is 0 Å². The third kappa shape index (κ3) is 3.18. The second-order valence-electron chi connectivity index (χ2n) is 4.77. The van der Waals surface area contributed by atoms with Gasteiger partial charge >= 0.3 is 5.97 Å². The van der Waals surface area contributed by atoms with Gasteiger partial charge in [-0.05, 0) is 13.0 Å². The van der Waals surface area contributed by atoms with Crippen LogP contribution in [-0.2, 0) is 4.74 Å². The Bertz CT molecular complexity index is 846. The monoisotopic (exact) mass is 349 g/mol. The van der Waals surface area contributed by atoms with Crippen molar-refractivity contribution in [2.75, 3.05) is 6.61 Å². The minimum atomic E-state index is -2.72. The number of carbonyl (C=O) groups is 1. The van der Waals surface area contributed by atoms with Gasteiger partial charge in [0, 0.05) is 10.9 Å². The summed E-state index contributed by atoms with van der Waals surface area (Å²) in [6.45, 7) is 1.90. The number of nitrogens with zero attached hydrogens (tertiary/aromatic N) is 3. The second-order valence-corrected chi connectivity index (χ2v) is 5.61. The van der Waals surface area contributed by atoms with E-state index in [4.69, 9.17) is 4.74 Å². The van der Waals surface area contributed by atoms with Gasteiger partial charge in [-0.25, -0.2) is 23.2 Å². The Hall–Kier alpha value is -2.61. The van der Waals surface area contributed by atoms with Gasteiger partial charge in [0.25, 0.3) is 6.43 Å². The molecule has 0 saturated carbocycles. The zero-order valence-electron chi connectivity index (χ0n) is 12.6. The maximum absolute atomic E-state index is 13.4. The number of halogens is 2. The summed E-state index contributed by atoms with van der Waals surface area (Å²) in [7, 11) is 0. The molecule has 5 nitrogen and oxygen atoms in total. The van der Waals surface area contributed by atoms with Crippen LogP contribution in [0.4, 0.5) is 8.78 Å². The van der Waals surface area contributed by atoms with Crippen LogP contribution in [0.3, 0.4) is 0 Å². The Morgan fingerprint density at radius 2 is 2.08 bits per heavy atom. The third-order valence-corrected chi connectivity index (χ3v) is 4.00. The van der Waals surface area contributed by atoms with Crippen molar-refractivity contribution >= 4 is 17.3 Å². The van der Waals surface area contributed by atoms with E-state index >= 15 is 0 Å². The summed E-state index contributed by atoms with van der Waals surface area (Å²) in [6, 6.07) is 10.3. The molecule has 0 atom stereocenters. The minimum Gasteiger partial charge on any atom is -0.461 e. The first-order chi connectivity index (χ1) is 11.6. The van der Waals surface area contributed by atoms with Crippen molar-refractivity contribution in [1.29, 1.82) is 0 Å². The number of thiazole rings is 1. The molecule has 0 radical (unpaired) electrons. The van der Waals surface area contributed by atoms with Gasteiger partial charge in [-0.2, -0.15) is 5.10 Å². The average Bonchev–Trinajstić information content (AvgIpc) is 3.23. The van der Waals surface area contributed by atoms with E-state index in [9.17, 15) is 13.6 Å². The van der Waals surface area contributed by atoms with Crippen molar-refractivity contribution in [3.63, 3.8) is 0 Å². The summed E-state index contributed by atoms with van der Waals surface area (Å²) in [5.74, 6) is -0.589. The van der Waals surface area contributed by atoms with Crippen LogP contribution < -0.4 is 0 Å². The van der Waals surface area contributed by atoms with Gasteiger partial charge < -0.3 is 4.74 Å². The molecule has 3 aromatic rings. The number of aromatic nitrogens is 3. The van der Waals surface area contributed by atoms with E-state index in [2.05, 4.69) is 10.1 Å². The van der Waals surface area contributed by atoms with E-state index in [1.807, 2.05) is 6.07 Å². The number of carbonyl (C=O) groups excluding carboxylic acids is 1. The van der Waals surface area contributed by atoms with Gasteiger partial charge in [-0.3, -0.25) is 0 Å². The molecular formula is C16H13F2N3O2S. The summed E-state index contributed by atoms with van der Waals surface area (Å²) >= 11 is 1.05. The van der Waals surface area contributed by atoms with Gasteiger partial charge in [0.05, 0.1) is 12.3 Å². The molecule has 2 aromatic heterocycles. The zero-order chi connectivity index (χ0) is 17.1. The number of alkyl halides is 2. The molecule has 0 amide bonds. The van der Waals surface area contributed by atoms with Gasteiger partial charge in [0.15, 0.2) is 5.69 Å². The van der Waals surface area contributed by atoms with Crippen molar-refractivity contribution in [2.45, 2.75) is 13.3 Å². The van der Waals surface area contributed by atoms with E-state index in [1.54, 1.807) is 31.2 Å². The Kier molecular flexibility index (Phi) is 4.66. The topological polar surface area (TPSA) is 57.0 Å². The number of esters is 1. The van der Waals surface area contributed by atoms with Crippen LogP contribution >= 0.6 is 11.3 Å². The van der Waals surface area contributed by atoms with Crippen LogP contribution in [0.15, 0.2) is 41.8 Å². The van der Waals surface area contributed by atoms with Gasteiger partial charge in [0.1, 0.15) is 5.69 Å². The highest BCUT2D eigenvalue weighted by Crippen LogP contribution is 2.29. The Labute approximate surface area is 140 Å². The van der Waals surface area contributed by atoms with Crippen molar-refractivity contribution in [3.8, 4) is 16.4 Å². The van der Waals surface area contributed by atoms with E-state index in [-0.39, 0.29) is 23.1 Å².